The maximum Gasteiger partial charge on any atom is 0.213 e. The van der Waals surface area contributed by atoms with Crippen LogP contribution in [0.3, 0.4) is 0 Å². The van der Waals surface area contributed by atoms with Gasteiger partial charge in [0.25, 0.3) is 0 Å². The quantitative estimate of drug-likeness (QED) is 0.537. The molecule has 0 radical (unpaired) electrons. The van der Waals surface area contributed by atoms with Crippen LogP contribution in [0.5, 0.6) is 0 Å². The Morgan fingerprint density at radius 3 is 2.63 bits per heavy atom. The number of nitrogens with zero attached hydrogens (tertiary/aromatic N) is 3. The minimum absolute atomic E-state index is 0.0456. The van der Waals surface area contributed by atoms with E-state index in [1.807, 2.05) is 0 Å². The molecule has 164 valence electrons. The van der Waals surface area contributed by atoms with Crippen LogP contribution in [-0.2, 0) is 29.8 Å². The van der Waals surface area contributed by atoms with Crippen LogP contribution in [0.25, 0.3) is 0 Å². The minimum atomic E-state index is -0.0456. The summed E-state index contributed by atoms with van der Waals surface area (Å²) in [5, 5.41) is 6.60. The van der Waals surface area contributed by atoms with Crippen molar-refractivity contribution in [2.24, 2.45) is 4.99 Å². The predicted octanol–water partition coefficient (Wildman–Crippen LogP) is 3.06. The summed E-state index contributed by atoms with van der Waals surface area (Å²) in [6.45, 7) is 14.9. The Balaban J connectivity index is 1.57. The third kappa shape index (κ3) is 6.85. The van der Waals surface area contributed by atoms with Gasteiger partial charge in [0.15, 0.2) is 5.96 Å². The number of rotatable bonds is 7. The van der Waals surface area contributed by atoms with E-state index in [0.717, 1.165) is 51.1 Å². The molecule has 7 nitrogen and oxygen atoms in total. The van der Waals surface area contributed by atoms with Gasteiger partial charge in [0.2, 0.25) is 5.89 Å². The normalized spacial score (nSPS) is 15.9. The fourth-order valence-corrected chi connectivity index (χ4v) is 3.25. The molecule has 30 heavy (non-hydrogen) atoms. The smallest absolute Gasteiger partial charge is 0.213 e. The molecule has 0 saturated carbocycles. The second-order valence-electron chi connectivity index (χ2n) is 8.63. The maximum absolute atomic E-state index is 5.86. The second kappa shape index (κ2) is 10.6. The van der Waals surface area contributed by atoms with Gasteiger partial charge in [0, 0.05) is 31.6 Å². The van der Waals surface area contributed by atoms with E-state index >= 15 is 0 Å². The number of guanidine groups is 1. The largest absolute Gasteiger partial charge is 0.443 e. The molecule has 2 aromatic rings. The van der Waals surface area contributed by atoms with Crippen molar-refractivity contribution in [2.75, 3.05) is 32.8 Å². The molecule has 0 unspecified atom stereocenters. The highest BCUT2D eigenvalue weighted by atomic mass is 16.5. The number of nitrogens with one attached hydrogen (secondary N) is 2. The first-order chi connectivity index (χ1) is 14.4. The molecule has 1 saturated heterocycles. The number of benzene rings is 1. The van der Waals surface area contributed by atoms with Gasteiger partial charge in [-0.15, -0.1) is 0 Å². The Morgan fingerprint density at radius 1 is 1.17 bits per heavy atom. The molecule has 0 amide bonds. The van der Waals surface area contributed by atoms with Crippen molar-refractivity contribution < 1.29 is 9.15 Å². The number of hydrogen-bond donors (Lipinski definition) is 2. The van der Waals surface area contributed by atoms with Crippen molar-refractivity contribution in [3.05, 3.63) is 53.2 Å². The fourth-order valence-electron chi connectivity index (χ4n) is 3.25. The molecule has 1 aliphatic heterocycles. The zero-order valence-electron chi connectivity index (χ0n) is 18.7. The molecule has 1 aliphatic rings. The molecule has 7 heteroatoms. The SMILES string of the molecule is CCNC(=NCc1cccc(CN2CCOCC2)c1)NCc1ncc(C(C)(C)C)o1. The molecule has 0 atom stereocenters. The molecule has 1 fully saturated rings. The zero-order chi connectivity index (χ0) is 21.4. The van der Waals surface area contributed by atoms with E-state index in [1.165, 1.54) is 11.1 Å². The van der Waals surface area contributed by atoms with Crippen LogP contribution in [0.1, 0.15) is 50.5 Å². The number of hydrogen-bond acceptors (Lipinski definition) is 5. The van der Waals surface area contributed by atoms with E-state index < -0.39 is 0 Å². The van der Waals surface area contributed by atoms with Crippen molar-refractivity contribution in [1.29, 1.82) is 0 Å². The summed E-state index contributed by atoms with van der Waals surface area (Å²) >= 11 is 0. The Labute approximate surface area is 179 Å². The van der Waals surface area contributed by atoms with Crippen molar-refractivity contribution >= 4 is 5.96 Å². The van der Waals surface area contributed by atoms with E-state index in [1.54, 1.807) is 6.20 Å². The van der Waals surface area contributed by atoms with Crippen LogP contribution in [-0.4, -0.2) is 48.7 Å². The zero-order valence-corrected chi connectivity index (χ0v) is 18.7. The number of oxazole rings is 1. The fraction of sp³-hybridized carbons (Fsp3) is 0.565. The van der Waals surface area contributed by atoms with Gasteiger partial charge < -0.3 is 19.8 Å². The van der Waals surface area contributed by atoms with Crippen LogP contribution in [0.2, 0.25) is 0 Å². The van der Waals surface area contributed by atoms with Gasteiger partial charge in [-0.1, -0.05) is 45.0 Å². The van der Waals surface area contributed by atoms with Crippen molar-refractivity contribution in [3.63, 3.8) is 0 Å². The van der Waals surface area contributed by atoms with Gasteiger partial charge >= 0.3 is 0 Å². The average Bonchev–Trinajstić information content (AvgIpc) is 3.21. The molecule has 2 heterocycles. The number of aromatic nitrogens is 1. The van der Waals surface area contributed by atoms with Crippen LogP contribution in [0.15, 0.2) is 39.9 Å². The van der Waals surface area contributed by atoms with Crippen LogP contribution < -0.4 is 10.6 Å². The summed E-state index contributed by atoms with van der Waals surface area (Å²) in [6.07, 6.45) is 1.81. The van der Waals surface area contributed by atoms with E-state index in [0.29, 0.717) is 19.0 Å². The number of ether oxygens (including phenoxy) is 1. The molecule has 0 aliphatic carbocycles. The van der Waals surface area contributed by atoms with Crippen LogP contribution >= 0.6 is 0 Å². The second-order valence-corrected chi connectivity index (χ2v) is 8.63. The highest BCUT2D eigenvalue weighted by molar-refractivity contribution is 5.79. The highest BCUT2D eigenvalue weighted by Crippen LogP contribution is 2.22. The Hall–Kier alpha value is -2.38. The molecule has 2 N–H and O–H groups in total. The summed E-state index contributed by atoms with van der Waals surface area (Å²) in [7, 11) is 0. The summed E-state index contributed by atoms with van der Waals surface area (Å²) in [5.74, 6) is 2.31. The molecular formula is C23H35N5O2. The van der Waals surface area contributed by atoms with Gasteiger partial charge in [-0.25, -0.2) is 9.98 Å². The number of aliphatic imine (C=N–C) groups is 1. The van der Waals surface area contributed by atoms with Crippen molar-refractivity contribution in [3.8, 4) is 0 Å². The van der Waals surface area contributed by atoms with E-state index in [9.17, 15) is 0 Å². The molecule has 3 rings (SSSR count). The van der Waals surface area contributed by atoms with Crippen LogP contribution in [0.4, 0.5) is 0 Å². The molecular weight excluding hydrogens is 378 g/mol. The minimum Gasteiger partial charge on any atom is -0.443 e. The Bertz CT molecular complexity index is 819. The van der Waals surface area contributed by atoms with Gasteiger partial charge in [-0.05, 0) is 18.1 Å². The molecule has 1 aromatic carbocycles. The van der Waals surface area contributed by atoms with Gasteiger partial charge in [0.05, 0.1) is 32.5 Å². The van der Waals surface area contributed by atoms with Gasteiger partial charge in [-0.3, -0.25) is 4.90 Å². The first kappa shape index (κ1) is 22.3. The first-order valence-corrected chi connectivity index (χ1v) is 10.8. The van der Waals surface area contributed by atoms with Gasteiger partial charge in [0.1, 0.15) is 5.76 Å². The third-order valence-corrected chi connectivity index (χ3v) is 4.97. The molecule has 0 spiro atoms. The maximum atomic E-state index is 5.86. The summed E-state index contributed by atoms with van der Waals surface area (Å²) < 4.78 is 11.3. The van der Waals surface area contributed by atoms with E-state index in [4.69, 9.17) is 14.1 Å². The lowest BCUT2D eigenvalue weighted by Crippen LogP contribution is -2.36. The van der Waals surface area contributed by atoms with Crippen molar-refractivity contribution in [2.45, 2.75) is 52.7 Å². The Morgan fingerprint density at radius 2 is 1.93 bits per heavy atom. The summed E-state index contributed by atoms with van der Waals surface area (Å²) in [5.41, 5.74) is 2.47. The predicted molar refractivity (Wildman–Crippen MR) is 119 cm³/mol. The highest BCUT2D eigenvalue weighted by Gasteiger charge is 2.19. The molecule has 1 aromatic heterocycles. The lowest BCUT2D eigenvalue weighted by Gasteiger charge is -2.26. The van der Waals surface area contributed by atoms with Crippen molar-refractivity contribution in [1.82, 2.24) is 20.5 Å². The first-order valence-electron chi connectivity index (χ1n) is 10.8. The summed E-state index contributed by atoms with van der Waals surface area (Å²) in [4.78, 5) is 11.5. The average molecular weight is 414 g/mol. The third-order valence-electron chi connectivity index (χ3n) is 4.97. The molecule has 0 bridgehead atoms. The van der Waals surface area contributed by atoms with Crippen LogP contribution in [0, 0.1) is 0 Å². The Kier molecular flexibility index (Phi) is 7.87. The van der Waals surface area contributed by atoms with E-state index in [-0.39, 0.29) is 5.41 Å². The summed E-state index contributed by atoms with van der Waals surface area (Å²) in [6, 6.07) is 8.66. The lowest BCUT2D eigenvalue weighted by atomic mass is 9.94. The topological polar surface area (TPSA) is 74.9 Å². The van der Waals surface area contributed by atoms with E-state index in [2.05, 4.69) is 72.5 Å². The van der Waals surface area contributed by atoms with Gasteiger partial charge in [-0.2, -0.15) is 0 Å². The monoisotopic (exact) mass is 413 g/mol. The standard InChI is InChI=1S/C23H35N5O2/c1-5-24-22(27-16-21-25-15-20(30-21)23(2,3)4)26-14-18-7-6-8-19(13-18)17-28-9-11-29-12-10-28/h6-8,13,15H,5,9-12,14,16-17H2,1-4H3,(H2,24,26,27). The lowest BCUT2D eigenvalue weighted by molar-refractivity contribution is 0.0342. The number of morpholine rings is 1.